The van der Waals surface area contributed by atoms with Crippen molar-refractivity contribution in [3.63, 3.8) is 0 Å². The highest BCUT2D eigenvalue weighted by atomic mass is 79.9. The molecule has 2 heteroatoms. The first-order chi connectivity index (χ1) is 7.24. The molecule has 82 valence electrons. The van der Waals surface area contributed by atoms with Crippen LogP contribution in [0.1, 0.15) is 31.7 Å². The van der Waals surface area contributed by atoms with Gasteiger partial charge in [-0.25, -0.2) is 0 Å². The second-order valence-electron chi connectivity index (χ2n) is 4.38. The number of hydrogen-bond donors (Lipinski definition) is 0. The van der Waals surface area contributed by atoms with Crippen molar-refractivity contribution in [2.24, 2.45) is 0 Å². The lowest BCUT2D eigenvalue weighted by Gasteiger charge is -2.38. The van der Waals surface area contributed by atoms with Gasteiger partial charge in [0.1, 0.15) is 0 Å². The Balaban J connectivity index is 2.19. The summed E-state index contributed by atoms with van der Waals surface area (Å²) in [5, 5.41) is 0.940. The van der Waals surface area contributed by atoms with E-state index in [0.29, 0.717) is 6.10 Å². The van der Waals surface area contributed by atoms with Crippen LogP contribution in [0.15, 0.2) is 30.3 Å². The van der Waals surface area contributed by atoms with Gasteiger partial charge in [-0.15, -0.1) is 0 Å². The highest BCUT2D eigenvalue weighted by molar-refractivity contribution is 9.09. The summed E-state index contributed by atoms with van der Waals surface area (Å²) in [4.78, 5) is 0. The Morgan fingerprint density at radius 3 is 2.80 bits per heavy atom. The third-order valence-electron chi connectivity index (χ3n) is 3.16. The van der Waals surface area contributed by atoms with Crippen LogP contribution in [0, 0.1) is 0 Å². The molecule has 0 bridgehead atoms. The molecule has 0 amide bonds. The number of hydrogen-bond acceptors (Lipinski definition) is 1. The average Bonchev–Trinajstić information content (AvgIpc) is 2.30. The third-order valence-corrected chi connectivity index (χ3v) is 3.89. The standard InChI is InChI=1S/C13H17BrO/c1-13(11-6-3-2-4-7-11)9-5-8-12(10-14)15-13/h2-4,6-7,12H,5,8-10H2,1H3. The van der Waals surface area contributed by atoms with Crippen LogP contribution in [0.2, 0.25) is 0 Å². The van der Waals surface area contributed by atoms with Crippen molar-refractivity contribution in [2.45, 2.75) is 37.9 Å². The minimum Gasteiger partial charge on any atom is -0.366 e. The summed E-state index contributed by atoms with van der Waals surface area (Å²) in [6.45, 7) is 2.21. The first-order valence-electron chi connectivity index (χ1n) is 5.54. The average molecular weight is 269 g/mol. The van der Waals surface area contributed by atoms with Crippen LogP contribution in [0.3, 0.4) is 0 Å². The van der Waals surface area contributed by atoms with Crippen molar-refractivity contribution in [1.29, 1.82) is 0 Å². The van der Waals surface area contributed by atoms with Gasteiger partial charge in [0.25, 0.3) is 0 Å². The van der Waals surface area contributed by atoms with Gasteiger partial charge in [0.15, 0.2) is 0 Å². The molecule has 1 aromatic rings. The summed E-state index contributed by atoms with van der Waals surface area (Å²) in [5.41, 5.74) is 1.22. The fraction of sp³-hybridized carbons (Fsp3) is 0.538. The van der Waals surface area contributed by atoms with Gasteiger partial charge in [-0.3, -0.25) is 0 Å². The molecule has 2 atom stereocenters. The molecular formula is C13H17BrO. The summed E-state index contributed by atoms with van der Waals surface area (Å²) in [7, 11) is 0. The molecule has 0 saturated carbocycles. The van der Waals surface area contributed by atoms with E-state index in [1.54, 1.807) is 0 Å². The Kier molecular flexibility index (Phi) is 3.47. The molecule has 1 heterocycles. The zero-order chi connectivity index (χ0) is 10.7. The van der Waals surface area contributed by atoms with Crippen molar-refractivity contribution in [1.82, 2.24) is 0 Å². The molecule has 1 saturated heterocycles. The lowest BCUT2D eigenvalue weighted by molar-refractivity contribution is -0.113. The van der Waals surface area contributed by atoms with E-state index >= 15 is 0 Å². The van der Waals surface area contributed by atoms with Crippen molar-refractivity contribution in [3.8, 4) is 0 Å². The monoisotopic (exact) mass is 268 g/mol. The molecular weight excluding hydrogens is 252 g/mol. The molecule has 1 aliphatic rings. The van der Waals surface area contributed by atoms with Gasteiger partial charge in [-0.2, -0.15) is 0 Å². The number of alkyl halides is 1. The summed E-state index contributed by atoms with van der Waals surface area (Å²) in [6.07, 6.45) is 3.92. The number of halogens is 1. The molecule has 0 N–H and O–H groups in total. The van der Waals surface area contributed by atoms with E-state index in [4.69, 9.17) is 4.74 Å². The SMILES string of the molecule is CC1(c2ccccc2)CCCC(CBr)O1. The molecule has 2 rings (SSSR count). The van der Waals surface area contributed by atoms with Gasteiger partial charge >= 0.3 is 0 Å². The van der Waals surface area contributed by atoms with Crippen LogP contribution in [-0.2, 0) is 10.3 Å². The fourth-order valence-electron chi connectivity index (χ4n) is 2.26. The first-order valence-corrected chi connectivity index (χ1v) is 6.66. The molecule has 0 radical (unpaired) electrons. The highest BCUT2D eigenvalue weighted by Crippen LogP contribution is 2.37. The van der Waals surface area contributed by atoms with E-state index in [-0.39, 0.29) is 5.60 Å². The Labute approximate surface area is 100.0 Å². The maximum Gasteiger partial charge on any atom is 0.0907 e. The first kappa shape index (κ1) is 11.2. The van der Waals surface area contributed by atoms with Crippen LogP contribution in [0.5, 0.6) is 0 Å². The van der Waals surface area contributed by atoms with E-state index in [1.165, 1.54) is 18.4 Å². The second-order valence-corrected chi connectivity index (χ2v) is 5.03. The van der Waals surface area contributed by atoms with Crippen LogP contribution < -0.4 is 0 Å². The van der Waals surface area contributed by atoms with E-state index < -0.39 is 0 Å². The van der Waals surface area contributed by atoms with Gasteiger partial charge in [0.2, 0.25) is 0 Å². The number of benzene rings is 1. The molecule has 1 nitrogen and oxygen atoms in total. The lowest BCUT2D eigenvalue weighted by Crippen LogP contribution is -2.36. The lowest BCUT2D eigenvalue weighted by atomic mass is 9.87. The van der Waals surface area contributed by atoms with Gasteiger partial charge < -0.3 is 4.74 Å². The zero-order valence-electron chi connectivity index (χ0n) is 9.08. The van der Waals surface area contributed by atoms with Gasteiger partial charge in [0, 0.05) is 5.33 Å². The Hall–Kier alpha value is -0.340. The summed E-state index contributed by atoms with van der Waals surface area (Å²) in [6, 6.07) is 10.5. The van der Waals surface area contributed by atoms with Gasteiger partial charge in [-0.1, -0.05) is 46.3 Å². The second kappa shape index (κ2) is 4.67. The Morgan fingerprint density at radius 1 is 1.40 bits per heavy atom. The Morgan fingerprint density at radius 2 is 2.13 bits per heavy atom. The number of rotatable bonds is 2. The highest BCUT2D eigenvalue weighted by Gasteiger charge is 2.33. The van der Waals surface area contributed by atoms with Crippen LogP contribution in [-0.4, -0.2) is 11.4 Å². The van der Waals surface area contributed by atoms with Crippen LogP contribution in [0.25, 0.3) is 0 Å². The van der Waals surface area contributed by atoms with E-state index in [1.807, 2.05) is 0 Å². The molecule has 0 aromatic heterocycles. The van der Waals surface area contributed by atoms with E-state index in [9.17, 15) is 0 Å². The largest absolute Gasteiger partial charge is 0.366 e. The summed E-state index contributed by atoms with van der Waals surface area (Å²) in [5.74, 6) is 0. The molecule has 1 fully saturated rings. The quantitative estimate of drug-likeness (QED) is 0.741. The van der Waals surface area contributed by atoms with Crippen molar-refractivity contribution in [2.75, 3.05) is 5.33 Å². The van der Waals surface area contributed by atoms with Gasteiger partial charge in [-0.05, 0) is 31.7 Å². The van der Waals surface area contributed by atoms with Crippen LogP contribution in [0.4, 0.5) is 0 Å². The van der Waals surface area contributed by atoms with Crippen molar-refractivity contribution < 1.29 is 4.74 Å². The summed E-state index contributed by atoms with van der Waals surface area (Å²) < 4.78 is 6.16. The topological polar surface area (TPSA) is 9.23 Å². The van der Waals surface area contributed by atoms with Crippen LogP contribution >= 0.6 is 15.9 Å². The summed E-state index contributed by atoms with van der Waals surface area (Å²) >= 11 is 3.51. The number of ether oxygens (including phenoxy) is 1. The van der Waals surface area contributed by atoms with Gasteiger partial charge in [0.05, 0.1) is 11.7 Å². The minimum absolute atomic E-state index is 0.0854. The third kappa shape index (κ3) is 2.43. The predicted molar refractivity (Wildman–Crippen MR) is 66.3 cm³/mol. The predicted octanol–water partition coefficient (Wildman–Crippen LogP) is 3.87. The maximum atomic E-state index is 6.16. The minimum atomic E-state index is -0.0854. The van der Waals surface area contributed by atoms with Crippen molar-refractivity contribution in [3.05, 3.63) is 35.9 Å². The maximum absolute atomic E-state index is 6.16. The van der Waals surface area contributed by atoms with E-state index in [0.717, 1.165) is 11.8 Å². The smallest absolute Gasteiger partial charge is 0.0907 e. The van der Waals surface area contributed by atoms with E-state index in [2.05, 4.69) is 53.2 Å². The molecule has 1 aromatic carbocycles. The zero-order valence-corrected chi connectivity index (χ0v) is 10.7. The molecule has 15 heavy (non-hydrogen) atoms. The molecule has 1 aliphatic heterocycles. The Bertz CT molecular complexity index is 312. The molecule has 0 spiro atoms. The van der Waals surface area contributed by atoms with Crippen molar-refractivity contribution >= 4 is 15.9 Å². The normalized spacial score (nSPS) is 31.5. The molecule has 0 aliphatic carbocycles. The molecule has 2 unspecified atom stereocenters. The fourth-order valence-corrected chi connectivity index (χ4v) is 2.72.